The monoisotopic (exact) mass is 309 g/mol. The lowest BCUT2D eigenvalue weighted by Crippen LogP contribution is -2.44. The van der Waals surface area contributed by atoms with Crippen molar-refractivity contribution in [3.05, 3.63) is 33.9 Å². The fourth-order valence-electron chi connectivity index (χ4n) is 2.24. The normalized spacial score (nSPS) is 17.8. The van der Waals surface area contributed by atoms with E-state index in [1.807, 2.05) is 0 Å². The fourth-order valence-corrected chi connectivity index (χ4v) is 2.24. The van der Waals surface area contributed by atoms with Gasteiger partial charge in [0.25, 0.3) is 0 Å². The summed E-state index contributed by atoms with van der Waals surface area (Å²) in [6.45, 7) is 2.15. The molecular formula is C14H19N3O5. The average Bonchev–Trinajstić information content (AvgIpc) is 2.53. The summed E-state index contributed by atoms with van der Waals surface area (Å²) in [6, 6.07) is 4.63. The molecule has 1 amide bonds. The molecule has 120 valence electrons. The number of amides is 1. The molecule has 0 bridgehead atoms. The van der Waals surface area contributed by atoms with Gasteiger partial charge in [-0.2, -0.15) is 0 Å². The van der Waals surface area contributed by atoms with Gasteiger partial charge in [-0.3, -0.25) is 14.9 Å². The van der Waals surface area contributed by atoms with Crippen LogP contribution in [-0.4, -0.2) is 43.7 Å². The van der Waals surface area contributed by atoms with Gasteiger partial charge in [-0.15, -0.1) is 0 Å². The van der Waals surface area contributed by atoms with E-state index < -0.39 is 4.92 Å². The molecule has 1 unspecified atom stereocenters. The molecule has 1 atom stereocenters. The third-order valence-corrected chi connectivity index (χ3v) is 3.36. The van der Waals surface area contributed by atoms with Crippen LogP contribution in [0.5, 0.6) is 5.75 Å². The second-order valence-electron chi connectivity index (χ2n) is 4.97. The van der Waals surface area contributed by atoms with Gasteiger partial charge in [-0.05, 0) is 11.6 Å². The first-order valence-corrected chi connectivity index (χ1v) is 6.99. The number of nitro groups is 1. The van der Waals surface area contributed by atoms with Crippen LogP contribution in [0.25, 0.3) is 0 Å². The van der Waals surface area contributed by atoms with Gasteiger partial charge in [0.1, 0.15) is 0 Å². The van der Waals surface area contributed by atoms with E-state index in [2.05, 4.69) is 10.6 Å². The molecule has 0 aliphatic carbocycles. The zero-order valence-corrected chi connectivity index (χ0v) is 12.3. The molecule has 8 heteroatoms. The highest BCUT2D eigenvalue weighted by Crippen LogP contribution is 2.27. The smallest absolute Gasteiger partial charge is 0.311 e. The number of nitrogens with zero attached hydrogens (tertiary/aromatic N) is 1. The number of methoxy groups -OCH3 is 1. The minimum Gasteiger partial charge on any atom is -0.490 e. The number of nitro benzene ring substituents is 1. The summed E-state index contributed by atoms with van der Waals surface area (Å²) in [4.78, 5) is 22.3. The molecule has 0 saturated carbocycles. The lowest BCUT2D eigenvalue weighted by atomic mass is 10.1. The molecule has 1 aromatic rings. The molecular weight excluding hydrogens is 290 g/mol. The average molecular weight is 309 g/mol. The number of hydrogen-bond acceptors (Lipinski definition) is 6. The Labute approximate surface area is 127 Å². The van der Waals surface area contributed by atoms with E-state index in [0.29, 0.717) is 25.2 Å². The van der Waals surface area contributed by atoms with Crippen LogP contribution in [0.15, 0.2) is 18.2 Å². The summed E-state index contributed by atoms with van der Waals surface area (Å²) in [5, 5.41) is 16.9. The molecule has 1 saturated heterocycles. The van der Waals surface area contributed by atoms with Crippen LogP contribution in [0.4, 0.5) is 5.69 Å². The highest BCUT2D eigenvalue weighted by Gasteiger charge is 2.18. The quantitative estimate of drug-likeness (QED) is 0.589. The van der Waals surface area contributed by atoms with E-state index in [-0.39, 0.29) is 29.9 Å². The number of carbonyl (C=O) groups excluding carboxylic acids is 1. The molecule has 0 spiro atoms. The predicted octanol–water partition coefficient (Wildman–Crippen LogP) is 0.598. The first-order chi connectivity index (χ1) is 10.6. The summed E-state index contributed by atoms with van der Waals surface area (Å²) in [5.74, 6) is 0.0742. The van der Waals surface area contributed by atoms with Gasteiger partial charge in [0.2, 0.25) is 5.91 Å². The first kappa shape index (κ1) is 16.2. The van der Waals surface area contributed by atoms with Gasteiger partial charge in [0.15, 0.2) is 5.75 Å². The molecule has 1 fully saturated rings. The van der Waals surface area contributed by atoms with E-state index in [0.717, 1.165) is 6.54 Å². The summed E-state index contributed by atoms with van der Waals surface area (Å²) < 4.78 is 10.2. The van der Waals surface area contributed by atoms with E-state index in [1.165, 1.54) is 19.2 Å². The Morgan fingerprint density at radius 1 is 1.59 bits per heavy atom. The van der Waals surface area contributed by atoms with Crippen LogP contribution < -0.4 is 15.4 Å². The van der Waals surface area contributed by atoms with Crippen molar-refractivity contribution >= 4 is 11.6 Å². The molecule has 1 aliphatic rings. The topological polar surface area (TPSA) is 103 Å². The lowest BCUT2D eigenvalue weighted by Gasteiger charge is -2.23. The molecule has 0 radical (unpaired) electrons. The van der Waals surface area contributed by atoms with Crippen LogP contribution in [0.3, 0.4) is 0 Å². The molecule has 1 aromatic carbocycles. The van der Waals surface area contributed by atoms with E-state index in [4.69, 9.17) is 9.47 Å². The Morgan fingerprint density at radius 2 is 2.41 bits per heavy atom. The molecule has 1 heterocycles. The minimum atomic E-state index is -0.507. The third-order valence-electron chi connectivity index (χ3n) is 3.36. The van der Waals surface area contributed by atoms with Crippen LogP contribution in [0.1, 0.15) is 12.0 Å². The predicted molar refractivity (Wildman–Crippen MR) is 78.7 cm³/mol. The summed E-state index contributed by atoms with van der Waals surface area (Å²) >= 11 is 0. The first-order valence-electron chi connectivity index (χ1n) is 6.99. The molecule has 2 N–H and O–H groups in total. The number of rotatable bonds is 6. The Hall–Kier alpha value is -2.19. The Balaban J connectivity index is 1.89. The van der Waals surface area contributed by atoms with Crippen LogP contribution in [0, 0.1) is 10.1 Å². The SMILES string of the molecule is COc1ccc(CNC(=O)CC2COCCN2)cc1[N+](=O)[O-]. The maximum Gasteiger partial charge on any atom is 0.311 e. The van der Waals surface area contributed by atoms with E-state index in [9.17, 15) is 14.9 Å². The van der Waals surface area contributed by atoms with Gasteiger partial charge in [-0.25, -0.2) is 0 Å². The van der Waals surface area contributed by atoms with Crippen molar-refractivity contribution in [3.8, 4) is 5.75 Å². The van der Waals surface area contributed by atoms with Gasteiger partial charge in [0, 0.05) is 31.6 Å². The van der Waals surface area contributed by atoms with Crippen molar-refractivity contribution in [1.29, 1.82) is 0 Å². The van der Waals surface area contributed by atoms with E-state index >= 15 is 0 Å². The molecule has 0 aromatic heterocycles. The molecule has 2 rings (SSSR count). The molecule has 22 heavy (non-hydrogen) atoms. The van der Waals surface area contributed by atoms with Crippen LogP contribution in [0.2, 0.25) is 0 Å². The molecule has 1 aliphatic heterocycles. The highest BCUT2D eigenvalue weighted by molar-refractivity contribution is 5.76. The van der Waals surface area contributed by atoms with Crippen molar-refractivity contribution in [2.75, 3.05) is 26.9 Å². The van der Waals surface area contributed by atoms with Crippen LogP contribution in [-0.2, 0) is 16.1 Å². The summed E-state index contributed by atoms with van der Waals surface area (Å²) in [5.41, 5.74) is 0.533. The second-order valence-corrected chi connectivity index (χ2v) is 4.97. The van der Waals surface area contributed by atoms with E-state index in [1.54, 1.807) is 6.07 Å². The summed E-state index contributed by atoms with van der Waals surface area (Å²) in [7, 11) is 1.38. The van der Waals surface area contributed by atoms with Gasteiger partial charge >= 0.3 is 5.69 Å². The highest BCUT2D eigenvalue weighted by atomic mass is 16.6. The fraction of sp³-hybridized carbons (Fsp3) is 0.500. The number of benzene rings is 1. The second kappa shape index (κ2) is 7.71. The summed E-state index contributed by atoms with van der Waals surface area (Å²) in [6.07, 6.45) is 0.318. The van der Waals surface area contributed by atoms with Crippen molar-refractivity contribution in [3.63, 3.8) is 0 Å². The zero-order valence-electron chi connectivity index (χ0n) is 12.3. The molecule has 8 nitrogen and oxygen atoms in total. The van der Waals surface area contributed by atoms with Crippen LogP contribution >= 0.6 is 0 Å². The maximum atomic E-state index is 11.9. The Bertz CT molecular complexity index is 543. The van der Waals surface area contributed by atoms with Crippen molar-refractivity contribution in [2.24, 2.45) is 0 Å². The maximum absolute atomic E-state index is 11.9. The number of nitrogens with one attached hydrogen (secondary N) is 2. The van der Waals surface area contributed by atoms with Crippen molar-refractivity contribution in [1.82, 2.24) is 10.6 Å². The largest absolute Gasteiger partial charge is 0.490 e. The number of ether oxygens (including phenoxy) is 2. The lowest BCUT2D eigenvalue weighted by molar-refractivity contribution is -0.385. The van der Waals surface area contributed by atoms with Gasteiger partial charge in [-0.1, -0.05) is 6.07 Å². The Morgan fingerprint density at radius 3 is 3.05 bits per heavy atom. The van der Waals surface area contributed by atoms with Gasteiger partial charge in [0.05, 0.1) is 25.2 Å². The Kier molecular flexibility index (Phi) is 5.68. The van der Waals surface area contributed by atoms with Gasteiger partial charge < -0.3 is 20.1 Å². The minimum absolute atomic E-state index is 0.0129. The van der Waals surface area contributed by atoms with Crippen molar-refractivity contribution in [2.45, 2.75) is 19.0 Å². The number of morpholine rings is 1. The number of carbonyl (C=O) groups is 1. The third kappa shape index (κ3) is 4.40. The zero-order chi connectivity index (χ0) is 15.9. The van der Waals surface area contributed by atoms with Crippen molar-refractivity contribution < 1.29 is 19.2 Å². The number of hydrogen-bond donors (Lipinski definition) is 2. The standard InChI is InChI=1S/C14H19N3O5/c1-21-13-3-2-10(6-12(13)17(19)20)8-16-14(18)7-11-9-22-5-4-15-11/h2-3,6,11,15H,4-5,7-9H2,1H3,(H,16,18).